The number of thioether (sulfide) groups is 2. The van der Waals surface area contributed by atoms with Crippen molar-refractivity contribution in [3.63, 3.8) is 0 Å². The molecular formula is C13H15N5O5S3. The maximum absolute atomic E-state index is 12.4. The summed E-state index contributed by atoms with van der Waals surface area (Å²) >= 11 is 4.19. The molecule has 0 spiro atoms. The molecule has 1 fully saturated rings. The maximum atomic E-state index is 12.4. The minimum atomic E-state index is -1.18. The summed E-state index contributed by atoms with van der Waals surface area (Å²) in [6.07, 6.45) is 0. The van der Waals surface area contributed by atoms with E-state index in [2.05, 4.69) is 20.8 Å². The fraction of sp³-hybridized carbons (Fsp3) is 0.462. The maximum Gasteiger partial charge on any atom is 0.352 e. The van der Waals surface area contributed by atoms with Crippen molar-refractivity contribution in [2.45, 2.75) is 22.7 Å². The van der Waals surface area contributed by atoms with E-state index < -0.39 is 36.1 Å². The van der Waals surface area contributed by atoms with Crippen LogP contribution >= 0.6 is 34.9 Å². The second-order valence-corrected chi connectivity index (χ2v) is 8.84. The Hall–Kier alpha value is -1.83. The van der Waals surface area contributed by atoms with Crippen LogP contribution in [-0.2, 0) is 9.59 Å². The summed E-state index contributed by atoms with van der Waals surface area (Å²) in [6, 6.07) is -1.50. The van der Waals surface area contributed by atoms with Crippen molar-refractivity contribution in [1.29, 1.82) is 0 Å². The van der Waals surface area contributed by atoms with E-state index in [0.29, 0.717) is 17.1 Å². The molecule has 0 saturated carbocycles. The molecule has 2 aliphatic heterocycles. The van der Waals surface area contributed by atoms with E-state index in [1.54, 1.807) is 0 Å². The molecule has 10 nitrogen and oxygen atoms in total. The largest absolute Gasteiger partial charge is 0.477 e. The Bertz CT molecular complexity index is 782. The number of aryl methyl sites for hydroxylation is 1. The number of carboxylic acid groups (broad SMARTS) is 1. The predicted octanol–water partition coefficient (Wildman–Crippen LogP) is -0.190. The van der Waals surface area contributed by atoms with Gasteiger partial charge in [-0.05, 0) is 12.5 Å². The lowest BCUT2D eigenvalue weighted by molar-refractivity contribution is -0.148. The molecule has 3 amide bonds. The lowest BCUT2D eigenvalue weighted by Gasteiger charge is -2.49. The Labute approximate surface area is 160 Å². The van der Waals surface area contributed by atoms with E-state index in [1.165, 1.54) is 39.8 Å². The van der Waals surface area contributed by atoms with Crippen molar-refractivity contribution in [2.75, 3.05) is 18.2 Å². The number of carboxylic acids is 1. The van der Waals surface area contributed by atoms with Gasteiger partial charge >= 0.3 is 12.0 Å². The van der Waals surface area contributed by atoms with Gasteiger partial charge in [0.05, 0.1) is 0 Å². The standard InChI is InChI=1S/C13H15N5O5S3/c1-5-16-17-13(26-5)25-3-6-2-24-10-7(15-12(23)14-4-19)9(20)18(10)8(6)11(21)22/h7,10,19H,2-4H2,1H3,(H,21,22)(H2,14,15,23)/t7?,10-/m1/s1. The number of hydrogen-bond acceptors (Lipinski definition) is 9. The van der Waals surface area contributed by atoms with Gasteiger partial charge in [-0.25, -0.2) is 9.59 Å². The van der Waals surface area contributed by atoms with E-state index in [1.807, 2.05) is 6.92 Å². The normalized spacial score (nSPS) is 21.9. The third-order valence-electron chi connectivity index (χ3n) is 3.65. The van der Waals surface area contributed by atoms with Crippen LogP contribution in [-0.4, -0.2) is 72.9 Å². The highest BCUT2D eigenvalue weighted by Crippen LogP contribution is 2.41. The Morgan fingerprint density at radius 1 is 1.42 bits per heavy atom. The number of aliphatic hydroxyl groups is 1. The zero-order valence-corrected chi connectivity index (χ0v) is 15.9. The molecule has 26 heavy (non-hydrogen) atoms. The molecule has 1 unspecified atom stereocenters. The number of fused-ring (bicyclic) bond motifs is 1. The van der Waals surface area contributed by atoms with Crippen molar-refractivity contribution in [1.82, 2.24) is 25.7 Å². The van der Waals surface area contributed by atoms with E-state index >= 15 is 0 Å². The summed E-state index contributed by atoms with van der Waals surface area (Å²) in [7, 11) is 0. The first-order chi connectivity index (χ1) is 12.4. The van der Waals surface area contributed by atoms with Gasteiger partial charge in [0.15, 0.2) is 4.34 Å². The molecule has 2 aliphatic rings. The van der Waals surface area contributed by atoms with Crippen LogP contribution in [0.15, 0.2) is 15.6 Å². The Kier molecular flexibility index (Phi) is 5.70. The molecule has 0 bridgehead atoms. The predicted molar refractivity (Wildman–Crippen MR) is 95.7 cm³/mol. The van der Waals surface area contributed by atoms with Crippen LogP contribution in [0.3, 0.4) is 0 Å². The van der Waals surface area contributed by atoms with Crippen LogP contribution in [0.5, 0.6) is 0 Å². The van der Waals surface area contributed by atoms with Gasteiger partial charge < -0.3 is 20.8 Å². The Balaban J connectivity index is 1.73. The van der Waals surface area contributed by atoms with Gasteiger partial charge in [0, 0.05) is 11.5 Å². The number of carbonyl (C=O) groups is 3. The SMILES string of the molecule is Cc1nnc(SCC2=C(C(=O)O)N3C(=O)C(NC(=O)NCO)[C@H]3SC2)s1. The molecule has 140 valence electrons. The highest BCUT2D eigenvalue weighted by molar-refractivity contribution is 8.01. The topological polar surface area (TPSA) is 145 Å². The fourth-order valence-corrected chi connectivity index (χ4v) is 5.84. The summed E-state index contributed by atoms with van der Waals surface area (Å²) in [4.78, 5) is 36.8. The van der Waals surface area contributed by atoms with Gasteiger partial charge in [-0.2, -0.15) is 0 Å². The number of carbonyl (C=O) groups excluding carboxylic acids is 2. The average molecular weight is 417 g/mol. The highest BCUT2D eigenvalue weighted by atomic mass is 32.2. The van der Waals surface area contributed by atoms with Gasteiger partial charge in [0.1, 0.15) is 28.9 Å². The number of nitrogens with zero attached hydrogens (tertiary/aromatic N) is 3. The van der Waals surface area contributed by atoms with Gasteiger partial charge in [-0.15, -0.1) is 22.0 Å². The molecule has 0 radical (unpaired) electrons. The van der Waals surface area contributed by atoms with Crippen LogP contribution in [0.2, 0.25) is 0 Å². The zero-order valence-electron chi connectivity index (χ0n) is 13.5. The molecule has 0 aliphatic carbocycles. The van der Waals surface area contributed by atoms with Crippen LogP contribution in [0, 0.1) is 6.92 Å². The number of rotatable bonds is 6. The van der Waals surface area contributed by atoms with Crippen LogP contribution in [0.4, 0.5) is 4.79 Å². The lowest BCUT2D eigenvalue weighted by Crippen LogP contribution is -2.71. The van der Waals surface area contributed by atoms with Gasteiger partial charge in [-0.3, -0.25) is 9.69 Å². The lowest BCUT2D eigenvalue weighted by atomic mass is 10.0. The Morgan fingerprint density at radius 2 is 2.19 bits per heavy atom. The quantitative estimate of drug-likeness (QED) is 0.281. The van der Waals surface area contributed by atoms with Crippen molar-refractivity contribution in [2.24, 2.45) is 0 Å². The van der Waals surface area contributed by atoms with E-state index in [4.69, 9.17) is 5.11 Å². The molecule has 1 aromatic heterocycles. The molecular weight excluding hydrogens is 402 g/mol. The number of aromatic nitrogens is 2. The summed E-state index contributed by atoms with van der Waals surface area (Å²) < 4.78 is 0.738. The summed E-state index contributed by atoms with van der Waals surface area (Å²) in [5, 5.41) is 31.1. The fourth-order valence-electron chi connectivity index (χ4n) is 2.54. The van der Waals surface area contributed by atoms with E-state index in [-0.39, 0.29) is 5.70 Å². The van der Waals surface area contributed by atoms with Crippen LogP contribution < -0.4 is 10.6 Å². The minimum absolute atomic E-state index is 0.0342. The molecule has 4 N–H and O–H groups in total. The third-order valence-corrected chi connectivity index (χ3v) is 7.05. The first-order valence-corrected chi connectivity index (χ1v) is 10.3. The number of β-lactam (4-membered cyclic amide) rings is 1. The second-order valence-electron chi connectivity index (χ2n) is 5.33. The molecule has 13 heteroatoms. The van der Waals surface area contributed by atoms with Gasteiger partial charge in [-0.1, -0.05) is 23.1 Å². The average Bonchev–Trinajstić information content (AvgIpc) is 3.02. The summed E-state index contributed by atoms with van der Waals surface area (Å²) in [5.41, 5.74) is 0.594. The number of aliphatic carboxylic acids is 1. The summed E-state index contributed by atoms with van der Waals surface area (Å²) in [5.74, 6) is -0.836. The van der Waals surface area contributed by atoms with E-state index in [0.717, 1.165) is 9.35 Å². The molecule has 1 saturated heterocycles. The Morgan fingerprint density at radius 3 is 2.81 bits per heavy atom. The molecule has 2 atom stereocenters. The third kappa shape index (κ3) is 3.65. The molecule has 0 aromatic carbocycles. The number of urea groups is 1. The van der Waals surface area contributed by atoms with E-state index in [9.17, 15) is 19.5 Å². The first kappa shape index (κ1) is 18.9. The molecule has 1 aromatic rings. The molecule has 3 rings (SSSR count). The zero-order chi connectivity index (χ0) is 18.8. The van der Waals surface area contributed by atoms with Gasteiger partial charge in [0.2, 0.25) is 0 Å². The van der Waals surface area contributed by atoms with Crippen molar-refractivity contribution in [3.05, 3.63) is 16.3 Å². The van der Waals surface area contributed by atoms with Crippen LogP contribution in [0.1, 0.15) is 5.01 Å². The molecule has 3 heterocycles. The summed E-state index contributed by atoms with van der Waals surface area (Å²) in [6.45, 7) is 1.28. The first-order valence-electron chi connectivity index (χ1n) is 7.40. The second kappa shape index (κ2) is 7.82. The van der Waals surface area contributed by atoms with Crippen LogP contribution in [0.25, 0.3) is 0 Å². The number of amides is 3. The minimum Gasteiger partial charge on any atom is -0.477 e. The van der Waals surface area contributed by atoms with Crippen molar-refractivity contribution < 1.29 is 24.6 Å². The van der Waals surface area contributed by atoms with Crippen molar-refractivity contribution in [3.8, 4) is 0 Å². The van der Waals surface area contributed by atoms with Crippen molar-refractivity contribution >= 4 is 52.8 Å². The highest BCUT2D eigenvalue weighted by Gasteiger charge is 2.54. The monoisotopic (exact) mass is 417 g/mol. The number of hydrogen-bond donors (Lipinski definition) is 4. The van der Waals surface area contributed by atoms with Gasteiger partial charge in [0.25, 0.3) is 5.91 Å². The number of aliphatic hydroxyl groups excluding tert-OH is 1. The number of nitrogens with one attached hydrogen (secondary N) is 2. The smallest absolute Gasteiger partial charge is 0.352 e.